The predicted molar refractivity (Wildman–Crippen MR) is 82.1 cm³/mol. The Hall–Kier alpha value is -0.560. The lowest BCUT2D eigenvalue weighted by Gasteiger charge is -2.09. The number of rotatable bonds is 7. The van der Waals surface area contributed by atoms with Crippen LogP contribution in [0, 0.1) is 5.92 Å². The number of ether oxygens (including phenoxy) is 1. The van der Waals surface area contributed by atoms with E-state index in [-0.39, 0.29) is 0 Å². The van der Waals surface area contributed by atoms with Gasteiger partial charge in [0.15, 0.2) is 9.84 Å². The number of hydrogen-bond acceptors (Lipinski definition) is 5. The van der Waals surface area contributed by atoms with Crippen molar-refractivity contribution in [3.63, 3.8) is 0 Å². The van der Waals surface area contributed by atoms with Crippen LogP contribution >= 0.6 is 11.8 Å². The van der Waals surface area contributed by atoms with E-state index in [2.05, 4.69) is 5.32 Å². The zero-order valence-corrected chi connectivity index (χ0v) is 13.3. The van der Waals surface area contributed by atoms with Crippen LogP contribution in [0.5, 0.6) is 0 Å². The van der Waals surface area contributed by atoms with Gasteiger partial charge in [-0.2, -0.15) is 0 Å². The van der Waals surface area contributed by atoms with Crippen LogP contribution in [0.15, 0.2) is 34.1 Å². The molecule has 1 atom stereocenters. The molecule has 1 heterocycles. The molecule has 1 aliphatic heterocycles. The van der Waals surface area contributed by atoms with Crippen molar-refractivity contribution in [3.8, 4) is 0 Å². The lowest BCUT2D eigenvalue weighted by atomic mass is 10.1. The van der Waals surface area contributed by atoms with Crippen molar-refractivity contribution in [1.29, 1.82) is 0 Å². The molecule has 0 aromatic heterocycles. The Kier molecular flexibility index (Phi) is 5.89. The summed E-state index contributed by atoms with van der Waals surface area (Å²) in [7, 11) is -3.09. The molecular weight excluding hydrogens is 294 g/mol. The predicted octanol–water partition coefficient (Wildman–Crippen LogP) is 1.81. The third-order valence-electron chi connectivity index (χ3n) is 3.26. The lowest BCUT2D eigenvalue weighted by Crippen LogP contribution is -2.25. The molecule has 1 N–H and O–H groups in total. The summed E-state index contributed by atoms with van der Waals surface area (Å²) in [4.78, 5) is 1.48. The van der Waals surface area contributed by atoms with Gasteiger partial charge in [0.2, 0.25) is 0 Å². The SMILES string of the molecule is CS(=O)(=O)c1ccc(SCCNCC2CCOC2)cc1. The molecule has 1 unspecified atom stereocenters. The van der Waals surface area contributed by atoms with Crippen molar-refractivity contribution in [1.82, 2.24) is 5.32 Å². The number of benzene rings is 1. The van der Waals surface area contributed by atoms with Crippen molar-refractivity contribution in [2.75, 3.05) is 38.3 Å². The second-order valence-electron chi connectivity index (χ2n) is 5.03. The van der Waals surface area contributed by atoms with Crippen LogP contribution in [0.1, 0.15) is 6.42 Å². The van der Waals surface area contributed by atoms with Gasteiger partial charge in [-0.15, -0.1) is 11.8 Å². The second-order valence-corrected chi connectivity index (χ2v) is 8.21. The molecule has 0 radical (unpaired) electrons. The molecule has 0 aliphatic carbocycles. The van der Waals surface area contributed by atoms with Crippen molar-refractivity contribution < 1.29 is 13.2 Å². The molecule has 20 heavy (non-hydrogen) atoms. The fourth-order valence-corrected chi connectivity index (χ4v) is 3.52. The Labute approximate surface area is 125 Å². The first kappa shape index (κ1) is 15.8. The van der Waals surface area contributed by atoms with Gasteiger partial charge in [0.05, 0.1) is 11.5 Å². The molecule has 1 aromatic carbocycles. The number of thioether (sulfide) groups is 1. The molecule has 4 nitrogen and oxygen atoms in total. The average Bonchev–Trinajstić information content (AvgIpc) is 2.91. The molecule has 1 fully saturated rings. The maximum absolute atomic E-state index is 11.3. The molecule has 2 rings (SSSR count). The molecule has 0 bridgehead atoms. The van der Waals surface area contributed by atoms with Crippen LogP contribution in [0.25, 0.3) is 0 Å². The van der Waals surface area contributed by atoms with Crippen LogP contribution < -0.4 is 5.32 Å². The van der Waals surface area contributed by atoms with Crippen LogP contribution in [-0.4, -0.2) is 46.7 Å². The lowest BCUT2D eigenvalue weighted by molar-refractivity contribution is 0.185. The van der Waals surface area contributed by atoms with Crippen LogP contribution in [-0.2, 0) is 14.6 Å². The zero-order valence-electron chi connectivity index (χ0n) is 11.7. The summed E-state index contributed by atoms with van der Waals surface area (Å²) in [5.41, 5.74) is 0. The van der Waals surface area contributed by atoms with E-state index in [0.29, 0.717) is 10.8 Å². The summed E-state index contributed by atoms with van der Waals surface area (Å²) < 4.78 is 28.0. The first-order valence-electron chi connectivity index (χ1n) is 6.77. The van der Waals surface area contributed by atoms with E-state index in [9.17, 15) is 8.42 Å². The van der Waals surface area contributed by atoms with E-state index >= 15 is 0 Å². The van der Waals surface area contributed by atoms with E-state index in [4.69, 9.17) is 4.74 Å². The van der Waals surface area contributed by atoms with Crippen LogP contribution in [0.2, 0.25) is 0 Å². The van der Waals surface area contributed by atoms with E-state index in [1.165, 1.54) is 6.26 Å². The fourth-order valence-electron chi connectivity index (χ4n) is 2.07. The number of sulfone groups is 1. The molecule has 1 aromatic rings. The fraction of sp³-hybridized carbons (Fsp3) is 0.571. The third kappa shape index (κ3) is 5.09. The van der Waals surface area contributed by atoms with Gasteiger partial charge in [0, 0.05) is 36.6 Å². The van der Waals surface area contributed by atoms with Gasteiger partial charge in [-0.3, -0.25) is 0 Å². The Morgan fingerprint density at radius 1 is 1.35 bits per heavy atom. The maximum Gasteiger partial charge on any atom is 0.175 e. The summed E-state index contributed by atoms with van der Waals surface area (Å²) >= 11 is 1.73. The quantitative estimate of drug-likeness (QED) is 0.614. The summed E-state index contributed by atoms with van der Waals surface area (Å²) in [6.07, 6.45) is 2.39. The van der Waals surface area contributed by atoms with E-state index in [1.807, 2.05) is 12.1 Å². The zero-order chi connectivity index (χ0) is 14.4. The minimum Gasteiger partial charge on any atom is -0.381 e. The molecular formula is C14H21NO3S2. The highest BCUT2D eigenvalue weighted by Crippen LogP contribution is 2.19. The first-order chi connectivity index (χ1) is 9.55. The molecule has 112 valence electrons. The first-order valence-corrected chi connectivity index (χ1v) is 9.65. The molecule has 6 heteroatoms. The second kappa shape index (κ2) is 7.45. The standard InChI is InChI=1S/C14H21NO3S2/c1-20(16,17)14-4-2-13(3-5-14)19-9-7-15-10-12-6-8-18-11-12/h2-5,12,15H,6-11H2,1H3. The maximum atomic E-state index is 11.3. The van der Waals surface area contributed by atoms with Gasteiger partial charge in [0.25, 0.3) is 0 Å². The van der Waals surface area contributed by atoms with Gasteiger partial charge < -0.3 is 10.1 Å². The highest BCUT2D eigenvalue weighted by atomic mass is 32.2. The van der Waals surface area contributed by atoms with Gasteiger partial charge in [-0.25, -0.2) is 8.42 Å². The van der Waals surface area contributed by atoms with Crippen molar-refractivity contribution in [2.24, 2.45) is 5.92 Å². The van der Waals surface area contributed by atoms with E-state index < -0.39 is 9.84 Å². The molecule has 0 amide bonds. The van der Waals surface area contributed by atoms with Crippen LogP contribution in [0.4, 0.5) is 0 Å². The number of hydrogen-bond donors (Lipinski definition) is 1. The van der Waals surface area contributed by atoms with Crippen molar-refractivity contribution in [2.45, 2.75) is 16.2 Å². The normalized spacial score (nSPS) is 19.4. The van der Waals surface area contributed by atoms with Crippen LogP contribution in [0.3, 0.4) is 0 Å². The topological polar surface area (TPSA) is 55.4 Å². The van der Waals surface area contributed by atoms with Crippen molar-refractivity contribution in [3.05, 3.63) is 24.3 Å². The highest BCUT2D eigenvalue weighted by molar-refractivity contribution is 7.99. The Morgan fingerprint density at radius 3 is 2.70 bits per heavy atom. The summed E-state index contributed by atoms with van der Waals surface area (Å²) in [6.45, 7) is 3.75. The smallest absolute Gasteiger partial charge is 0.175 e. The average molecular weight is 315 g/mol. The van der Waals surface area contributed by atoms with Gasteiger partial charge in [-0.1, -0.05) is 0 Å². The summed E-state index contributed by atoms with van der Waals surface area (Å²) in [5.74, 6) is 1.64. The molecule has 1 saturated heterocycles. The largest absolute Gasteiger partial charge is 0.381 e. The minimum atomic E-state index is -3.09. The molecule has 1 aliphatic rings. The summed E-state index contributed by atoms with van der Waals surface area (Å²) in [6, 6.07) is 7.07. The number of nitrogens with one attached hydrogen (secondary N) is 1. The Bertz CT molecular complexity index is 508. The summed E-state index contributed by atoms with van der Waals surface area (Å²) in [5, 5.41) is 3.44. The molecule has 0 spiro atoms. The molecule has 0 saturated carbocycles. The van der Waals surface area contributed by atoms with Gasteiger partial charge in [0.1, 0.15) is 0 Å². The Balaban J connectivity index is 1.66. The highest BCUT2D eigenvalue weighted by Gasteiger charge is 2.14. The van der Waals surface area contributed by atoms with E-state index in [1.54, 1.807) is 23.9 Å². The van der Waals surface area contributed by atoms with E-state index in [0.717, 1.165) is 43.4 Å². The third-order valence-corrected chi connectivity index (χ3v) is 5.40. The van der Waals surface area contributed by atoms with Gasteiger partial charge >= 0.3 is 0 Å². The minimum absolute atomic E-state index is 0.376. The monoisotopic (exact) mass is 315 g/mol. The van der Waals surface area contributed by atoms with Crippen molar-refractivity contribution >= 4 is 21.6 Å². The van der Waals surface area contributed by atoms with Gasteiger partial charge in [-0.05, 0) is 36.6 Å². The Morgan fingerprint density at radius 2 is 2.10 bits per heavy atom.